The van der Waals surface area contributed by atoms with Crippen LogP contribution in [0.3, 0.4) is 0 Å². The first-order valence-electron chi connectivity index (χ1n) is 10.3. The SMILES string of the molecule is CCCCCCNC(=O)n1c(=O)n(C)c2cccnc21.Cn1c(=O)[nH]c2ncccc21. The number of H-pyrrole nitrogens is 1. The first-order chi connectivity index (χ1) is 15.0. The van der Waals surface area contributed by atoms with Crippen molar-refractivity contribution < 1.29 is 4.79 Å². The van der Waals surface area contributed by atoms with Crippen molar-refractivity contribution in [3.8, 4) is 0 Å². The predicted octanol–water partition coefficient (Wildman–Crippen LogP) is 2.13. The number of aryl methyl sites for hydroxylation is 2. The minimum atomic E-state index is -0.407. The van der Waals surface area contributed by atoms with E-state index in [0.717, 1.165) is 35.8 Å². The van der Waals surface area contributed by atoms with Gasteiger partial charge in [-0.3, -0.25) is 14.1 Å². The molecule has 4 rings (SSSR count). The molecule has 0 spiro atoms. The number of rotatable bonds is 5. The number of pyridine rings is 2. The van der Waals surface area contributed by atoms with Crippen molar-refractivity contribution in [1.82, 2.24) is 34.0 Å². The van der Waals surface area contributed by atoms with Crippen LogP contribution in [0.2, 0.25) is 0 Å². The van der Waals surface area contributed by atoms with Gasteiger partial charge in [-0.25, -0.2) is 24.4 Å². The van der Waals surface area contributed by atoms with Crippen LogP contribution < -0.4 is 16.7 Å². The van der Waals surface area contributed by atoms with E-state index in [1.54, 1.807) is 44.7 Å². The van der Waals surface area contributed by atoms with Gasteiger partial charge in [0.25, 0.3) is 0 Å². The lowest BCUT2D eigenvalue weighted by Crippen LogP contribution is -2.37. The minimum Gasteiger partial charge on any atom is -0.337 e. The van der Waals surface area contributed by atoms with Gasteiger partial charge in [-0.1, -0.05) is 26.2 Å². The largest absolute Gasteiger partial charge is 0.338 e. The van der Waals surface area contributed by atoms with E-state index in [1.807, 2.05) is 6.07 Å². The van der Waals surface area contributed by atoms with Crippen LogP contribution in [-0.4, -0.2) is 41.2 Å². The third-order valence-corrected chi connectivity index (χ3v) is 5.00. The maximum Gasteiger partial charge on any atom is 0.338 e. The zero-order valence-electron chi connectivity index (χ0n) is 18.0. The molecule has 1 amide bonds. The van der Waals surface area contributed by atoms with E-state index in [1.165, 1.54) is 9.13 Å². The van der Waals surface area contributed by atoms with Gasteiger partial charge in [-0.05, 0) is 30.7 Å². The van der Waals surface area contributed by atoms with Crippen molar-refractivity contribution in [3.05, 3.63) is 57.6 Å². The highest BCUT2D eigenvalue weighted by Crippen LogP contribution is 2.08. The summed E-state index contributed by atoms with van der Waals surface area (Å²) in [6.45, 7) is 2.72. The second-order valence-corrected chi connectivity index (χ2v) is 7.18. The maximum atomic E-state index is 12.1. The van der Waals surface area contributed by atoms with E-state index >= 15 is 0 Å². The summed E-state index contributed by atoms with van der Waals surface area (Å²) in [5.41, 5.74) is 2.02. The van der Waals surface area contributed by atoms with Crippen molar-refractivity contribution in [2.75, 3.05) is 6.54 Å². The third-order valence-electron chi connectivity index (χ3n) is 5.00. The number of hydrogen-bond acceptors (Lipinski definition) is 5. The van der Waals surface area contributed by atoms with Gasteiger partial charge in [0.2, 0.25) is 0 Å². The Balaban J connectivity index is 0.000000207. The van der Waals surface area contributed by atoms with Gasteiger partial charge < -0.3 is 5.32 Å². The third kappa shape index (κ3) is 4.73. The van der Waals surface area contributed by atoms with Gasteiger partial charge in [0.05, 0.1) is 11.0 Å². The summed E-state index contributed by atoms with van der Waals surface area (Å²) in [5, 5.41) is 2.77. The highest BCUT2D eigenvalue weighted by Gasteiger charge is 2.16. The van der Waals surface area contributed by atoms with Crippen molar-refractivity contribution in [3.63, 3.8) is 0 Å². The molecule has 164 valence electrons. The molecule has 2 N–H and O–H groups in total. The van der Waals surface area contributed by atoms with E-state index < -0.39 is 6.03 Å². The molecule has 4 heterocycles. The van der Waals surface area contributed by atoms with Crippen molar-refractivity contribution >= 4 is 28.4 Å². The van der Waals surface area contributed by atoms with Gasteiger partial charge in [0, 0.05) is 33.0 Å². The van der Waals surface area contributed by atoms with Gasteiger partial charge >= 0.3 is 17.4 Å². The Hall–Kier alpha value is -3.69. The number of imidazole rings is 2. The molecule has 0 aliphatic rings. The Morgan fingerprint density at radius 1 is 1.00 bits per heavy atom. The van der Waals surface area contributed by atoms with E-state index in [0.29, 0.717) is 23.4 Å². The Labute approximate surface area is 178 Å². The number of nitrogens with zero attached hydrogens (tertiary/aromatic N) is 5. The fraction of sp³-hybridized carbons (Fsp3) is 0.381. The van der Waals surface area contributed by atoms with Gasteiger partial charge in [0.1, 0.15) is 0 Å². The van der Waals surface area contributed by atoms with Crippen LogP contribution in [0.1, 0.15) is 32.6 Å². The number of fused-ring (bicyclic) bond motifs is 2. The Morgan fingerprint density at radius 3 is 2.42 bits per heavy atom. The number of nitrogens with one attached hydrogen (secondary N) is 2. The standard InChI is InChI=1S/C14H20N4O2.C7H7N3O/c1-3-4-5-6-9-16-13(19)18-12-11(8-7-10-15-12)17(2)14(18)20;1-10-5-3-2-4-8-6(5)9-7(10)11/h7-8,10H,3-6,9H2,1-2H3,(H,16,19);2-4H,1H3,(H,8,9,11). The summed E-state index contributed by atoms with van der Waals surface area (Å²) in [7, 11) is 3.35. The number of aromatic nitrogens is 6. The zero-order valence-corrected chi connectivity index (χ0v) is 18.0. The average Bonchev–Trinajstić information content (AvgIpc) is 3.21. The summed E-state index contributed by atoms with van der Waals surface area (Å²) in [6.07, 6.45) is 7.54. The lowest BCUT2D eigenvalue weighted by molar-refractivity contribution is 0.242. The van der Waals surface area contributed by atoms with Crippen molar-refractivity contribution in [1.29, 1.82) is 0 Å². The fourth-order valence-corrected chi connectivity index (χ4v) is 3.23. The van der Waals surface area contributed by atoms with Crippen LogP contribution in [-0.2, 0) is 14.1 Å². The van der Waals surface area contributed by atoms with Crippen molar-refractivity contribution in [2.45, 2.75) is 32.6 Å². The molecular formula is C21H27N7O3. The Kier molecular flexibility index (Phi) is 7.01. The topological polar surface area (TPSA) is 120 Å². The lowest BCUT2D eigenvalue weighted by atomic mass is 10.2. The van der Waals surface area contributed by atoms with Crippen LogP contribution in [0, 0.1) is 0 Å². The molecule has 31 heavy (non-hydrogen) atoms. The normalized spacial score (nSPS) is 10.8. The van der Waals surface area contributed by atoms with Crippen LogP contribution >= 0.6 is 0 Å². The highest BCUT2D eigenvalue weighted by atomic mass is 16.2. The number of amides is 1. The zero-order chi connectivity index (χ0) is 22.4. The predicted molar refractivity (Wildman–Crippen MR) is 119 cm³/mol. The molecule has 0 radical (unpaired) electrons. The Bertz CT molecular complexity index is 1300. The molecule has 0 aromatic carbocycles. The van der Waals surface area contributed by atoms with Gasteiger partial charge in [0.15, 0.2) is 11.3 Å². The van der Waals surface area contributed by atoms with Gasteiger partial charge in [-0.15, -0.1) is 0 Å². The quantitative estimate of drug-likeness (QED) is 0.475. The molecule has 10 heteroatoms. The lowest BCUT2D eigenvalue weighted by Gasteiger charge is -2.04. The van der Waals surface area contributed by atoms with Crippen LogP contribution in [0.25, 0.3) is 22.3 Å². The van der Waals surface area contributed by atoms with Crippen LogP contribution in [0.5, 0.6) is 0 Å². The summed E-state index contributed by atoms with van der Waals surface area (Å²) in [6, 6.07) is 6.76. The number of carbonyl (C=O) groups is 1. The smallest absolute Gasteiger partial charge is 0.337 e. The molecular weight excluding hydrogens is 398 g/mol. The summed E-state index contributed by atoms with van der Waals surface area (Å²) >= 11 is 0. The molecule has 4 aromatic heterocycles. The van der Waals surface area contributed by atoms with E-state index in [-0.39, 0.29) is 11.4 Å². The number of aromatic amines is 1. The van der Waals surface area contributed by atoms with E-state index in [4.69, 9.17) is 0 Å². The molecule has 0 saturated heterocycles. The average molecular weight is 425 g/mol. The summed E-state index contributed by atoms with van der Waals surface area (Å²) in [4.78, 5) is 46.0. The number of carbonyl (C=O) groups excluding carboxylic acids is 1. The molecule has 0 atom stereocenters. The molecule has 0 saturated carbocycles. The fourth-order valence-electron chi connectivity index (χ4n) is 3.23. The van der Waals surface area contributed by atoms with E-state index in [9.17, 15) is 14.4 Å². The van der Waals surface area contributed by atoms with Gasteiger partial charge in [-0.2, -0.15) is 4.57 Å². The monoisotopic (exact) mass is 425 g/mol. The number of hydrogen-bond donors (Lipinski definition) is 2. The summed E-state index contributed by atoms with van der Waals surface area (Å²) in [5.74, 6) is 0. The molecule has 0 aliphatic heterocycles. The molecule has 10 nitrogen and oxygen atoms in total. The minimum absolute atomic E-state index is 0.126. The van der Waals surface area contributed by atoms with Crippen LogP contribution in [0.4, 0.5) is 4.79 Å². The summed E-state index contributed by atoms with van der Waals surface area (Å²) < 4.78 is 4.05. The van der Waals surface area contributed by atoms with Crippen LogP contribution in [0.15, 0.2) is 46.2 Å². The Morgan fingerprint density at radius 2 is 1.71 bits per heavy atom. The molecule has 0 bridgehead atoms. The molecule has 0 aliphatic carbocycles. The maximum absolute atomic E-state index is 12.1. The highest BCUT2D eigenvalue weighted by molar-refractivity contribution is 5.87. The molecule has 4 aromatic rings. The molecule has 0 unspecified atom stereocenters. The second-order valence-electron chi connectivity index (χ2n) is 7.18. The first kappa shape index (κ1) is 22.0. The molecule has 0 fully saturated rings. The second kappa shape index (κ2) is 9.88. The van der Waals surface area contributed by atoms with Crippen molar-refractivity contribution in [2.24, 2.45) is 14.1 Å². The van der Waals surface area contributed by atoms with E-state index in [2.05, 4.69) is 27.2 Å². The first-order valence-corrected chi connectivity index (χ1v) is 10.3. The number of unbranched alkanes of at least 4 members (excludes halogenated alkanes) is 3.